The van der Waals surface area contributed by atoms with Crippen molar-refractivity contribution in [3.8, 4) is 27.6 Å². The topological polar surface area (TPSA) is 59.4 Å². The Kier molecular flexibility index (Phi) is 5.46. The van der Waals surface area contributed by atoms with Gasteiger partial charge in [-0.15, -0.1) is 11.3 Å². The van der Waals surface area contributed by atoms with E-state index < -0.39 is 5.97 Å². The van der Waals surface area contributed by atoms with Crippen molar-refractivity contribution < 1.29 is 14.6 Å². The fourth-order valence-corrected chi connectivity index (χ4v) is 3.43. The Bertz CT molecular complexity index is 841. The maximum atomic E-state index is 10.5. The monoisotopic (exact) mass is 353 g/mol. The molecule has 128 valence electrons. The fourth-order valence-electron chi connectivity index (χ4n) is 2.49. The molecule has 0 saturated heterocycles. The zero-order valence-corrected chi connectivity index (χ0v) is 14.8. The molecule has 0 atom stereocenters. The van der Waals surface area contributed by atoms with E-state index in [2.05, 4.69) is 19.1 Å². The number of ether oxygens (including phenoxy) is 1. The Hall–Kier alpha value is -2.66. The molecule has 25 heavy (non-hydrogen) atoms. The summed E-state index contributed by atoms with van der Waals surface area (Å²) in [5, 5.41) is 9.64. The van der Waals surface area contributed by atoms with Gasteiger partial charge in [-0.05, 0) is 37.6 Å². The van der Waals surface area contributed by atoms with Gasteiger partial charge < -0.3 is 9.84 Å². The van der Waals surface area contributed by atoms with Gasteiger partial charge >= 0.3 is 5.97 Å². The molecule has 4 nitrogen and oxygen atoms in total. The van der Waals surface area contributed by atoms with Crippen LogP contribution in [0.4, 0.5) is 0 Å². The van der Waals surface area contributed by atoms with Gasteiger partial charge in [0.05, 0.1) is 12.3 Å². The largest absolute Gasteiger partial charge is 0.494 e. The summed E-state index contributed by atoms with van der Waals surface area (Å²) in [6.07, 6.45) is 0.626. The van der Waals surface area contributed by atoms with Crippen LogP contribution in [0, 0.1) is 6.92 Å². The highest BCUT2D eigenvalue weighted by Gasteiger charge is 2.11. The molecule has 5 heteroatoms. The molecular weight excluding hydrogens is 334 g/mol. The maximum Gasteiger partial charge on any atom is 0.303 e. The number of aliphatic carboxylic acids is 1. The Balaban J connectivity index is 1.70. The molecule has 0 fully saturated rings. The zero-order valence-electron chi connectivity index (χ0n) is 13.9. The van der Waals surface area contributed by atoms with Crippen LogP contribution in [0.5, 0.6) is 5.75 Å². The summed E-state index contributed by atoms with van der Waals surface area (Å²) in [5.74, 6) is -0.0579. The lowest BCUT2D eigenvalue weighted by Gasteiger charge is -2.06. The molecule has 0 radical (unpaired) electrons. The van der Waals surface area contributed by atoms with Crippen molar-refractivity contribution >= 4 is 17.3 Å². The van der Waals surface area contributed by atoms with Gasteiger partial charge in [0, 0.05) is 22.4 Å². The van der Waals surface area contributed by atoms with E-state index in [1.807, 2.05) is 42.5 Å². The SMILES string of the molecule is Cc1sc(-c2ccccc2)nc1-c1ccc(OCCCC(=O)O)cc1. The molecule has 0 saturated carbocycles. The molecule has 0 amide bonds. The zero-order chi connectivity index (χ0) is 17.6. The molecule has 1 N–H and O–H groups in total. The number of aromatic nitrogens is 1. The highest BCUT2D eigenvalue weighted by atomic mass is 32.1. The van der Waals surface area contributed by atoms with Gasteiger partial charge in [0.1, 0.15) is 10.8 Å². The van der Waals surface area contributed by atoms with Crippen molar-refractivity contribution in [2.75, 3.05) is 6.61 Å². The van der Waals surface area contributed by atoms with Gasteiger partial charge in [-0.2, -0.15) is 0 Å². The number of carboxylic acids is 1. The van der Waals surface area contributed by atoms with Gasteiger partial charge in [0.2, 0.25) is 0 Å². The Labute approximate surface area is 150 Å². The lowest BCUT2D eigenvalue weighted by atomic mass is 10.1. The second-order valence-electron chi connectivity index (χ2n) is 5.66. The van der Waals surface area contributed by atoms with E-state index in [0.29, 0.717) is 13.0 Å². The van der Waals surface area contributed by atoms with E-state index in [1.54, 1.807) is 11.3 Å². The summed E-state index contributed by atoms with van der Waals surface area (Å²) in [6.45, 7) is 2.48. The van der Waals surface area contributed by atoms with E-state index >= 15 is 0 Å². The summed E-state index contributed by atoms with van der Waals surface area (Å²) in [6, 6.07) is 17.9. The van der Waals surface area contributed by atoms with Gasteiger partial charge in [-0.3, -0.25) is 4.79 Å². The predicted octanol–water partition coefficient (Wildman–Crippen LogP) is 5.03. The number of hydrogen-bond donors (Lipinski definition) is 1. The van der Waals surface area contributed by atoms with Crippen LogP contribution in [-0.4, -0.2) is 22.7 Å². The van der Waals surface area contributed by atoms with E-state index in [0.717, 1.165) is 27.6 Å². The number of rotatable bonds is 7. The van der Waals surface area contributed by atoms with Crippen LogP contribution in [-0.2, 0) is 4.79 Å². The smallest absolute Gasteiger partial charge is 0.303 e. The minimum atomic E-state index is -0.799. The highest BCUT2D eigenvalue weighted by molar-refractivity contribution is 7.15. The third-order valence-corrected chi connectivity index (χ3v) is 4.77. The number of aryl methyl sites for hydroxylation is 1. The number of carbonyl (C=O) groups is 1. The molecule has 3 rings (SSSR count). The normalized spacial score (nSPS) is 10.6. The summed E-state index contributed by atoms with van der Waals surface area (Å²) in [7, 11) is 0. The first-order valence-corrected chi connectivity index (χ1v) is 8.93. The van der Waals surface area contributed by atoms with Crippen LogP contribution in [0.25, 0.3) is 21.8 Å². The quantitative estimate of drug-likeness (QED) is 0.605. The third kappa shape index (κ3) is 4.45. The average molecular weight is 353 g/mol. The van der Waals surface area contributed by atoms with Crippen LogP contribution in [0.2, 0.25) is 0 Å². The van der Waals surface area contributed by atoms with Gasteiger partial charge in [-0.1, -0.05) is 30.3 Å². The number of nitrogens with zero attached hydrogens (tertiary/aromatic N) is 1. The van der Waals surface area contributed by atoms with Crippen molar-refractivity contribution in [1.29, 1.82) is 0 Å². The van der Waals surface area contributed by atoms with Crippen LogP contribution < -0.4 is 4.74 Å². The van der Waals surface area contributed by atoms with Crippen molar-refractivity contribution in [2.24, 2.45) is 0 Å². The summed E-state index contributed by atoms with van der Waals surface area (Å²) in [4.78, 5) is 16.4. The van der Waals surface area contributed by atoms with Gasteiger partial charge in [-0.25, -0.2) is 4.98 Å². The summed E-state index contributed by atoms with van der Waals surface area (Å²) < 4.78 is 5.57. The van der Waals surface area contributed by atoms with Crippen molar-refractivity contribution in [3.05, 3.63) is 59.5 Å². The molecule has 1 aromatic heterocycles. The summed E-state index contributed by atoms with van der Waals surface area (Å²) in [5.41, 5.74) is 3.16. The van der Waals surface area contributed by atoms with Crippen LogP contribution in [0.15, 0.2) is 54.6 Å². The molecule has 0 aliphatic heterocycles. The van der Waals surface area contributed by atoms with Gasteiger partial charge in [0.25, 0.3) is 0 Å². The average Bonchev–Trinajstić information content (AvgIpc) is 3.02. The number of carboxylic acid groups (broad SMARTS) is 1. The van der Waals surface area contributed by atoms with Crippen molar-refractivity contribution in [2.45, 2.75) is 19.8 Å². The van der Waals surface area contributed by atoms with E-state index in [9.17, 15) is 4.79 Å². The standard InChI is InChI=1S/C20H19NO3S/c1-14-19(21-20(25-14)16-6-3-2-4-7-16)15-9-11-17(12-10-15)24-13-5-8-18(22)23/h2-4,6-7,9-12H,5,8,13H2,1H3,(H,22,23). The van der Waals surface area contributed by atoms with Crippen LogP contribution >= 0.6 is 11.3 Å². The van der Waals surface area contributed by atoms with E-state index in [-0.39, 0.29) is 6.42 Å². The molecular formula is C20H19NO3S. The minimum absolute atomic E-state index is 0.123. The van der Waals surface area contributed by atoms with Crippen molar-refractivity contribution in [1.82, 2.24) is 4.98 Å². The highest BCUT2D eigenvalue weighted by Crippen LogP contribution is 2.33. The second kappa shape index (κ2) is 7.94. The first-order chi connectivity index (χ1) is 12.1. The fraction of sp³-hybridized carbons (Fsp3) is 0.200. The van der Waals surface area contributed by atoms with Crippen LogP contribution in [0.3, 0.4) is 0 Å². The second-order valence-corrected chi connectivity index (χ2v) is 6.86. The lowest BCUT2D eigenvalue weighted by Crippen LogP contribution is -2.01. The minimum Gasteiger partial charge on any atom is -0.494 e. The maximum absolute atomic E-state index is 10.5. The first-order valence-electron chi connectivity index (χ1n) is 8.11. The first kappa shape index (κ1) is 17.2. The Morgan fingerprint density at radius 2 is 1.80 bits per heavy atom. The number of thiazole rings is 1. The Morgan fingerprint density at radius 1 is 1.08 bits per heavy atom. The van der Waals surface area contributed by atoms with E-state index in [4.69, 9.17) is 14.8 Å². The molecule has 3 aromatic rings. The lowest BCUT2D eigenvalue weighted by molar-refractivity contribution is -0.137. The number of benzene rings is 2. The van der Waals surface area contributed by atoms with E-state index in [1.165, 1.54) is 4.88 Å². The molecule has 0 spiro atoms. The summed E-state index contributed by atoms with van der Waals surface area (Å²) >= 11 is 1.69. The molecule has 0 unspecified atom stereocenters. The number of hydrogen-bond acceptors (Lipinski definition) is 4. The van der Waals surface area contributed by atoms with Crippen LogP contribution in [0.1, 0.15) is 17.7 Å². The molecule has 0 aliphatic carbocycles. The molecule has 1 heterocycles. The van der Waals surface area contributed by atoms with Crippen molar-refractivity contribution in [3.63, 3.8) is 0 Å². The Morgan fingerprint density at radius 3 is 2.48 bits per heavy atom. The molecule has 2 aromatic carbocycles. The molecule has 0 bridgehead atoms. The van der Waals surface area contributed by atoms with Gasteiger partial charge in [0.15, 0.2) is 0 Å². The third-order valence-electron chi connectivity index (χ3n) is 3.75. The predicted molar refractivity (Wildman–Crippen MR) is 100 cm³/mol. The molecule has 0 aliphatic rings.